The summed E-state index contributed by atoms with van der Waals surface area (Å²) in [5.41, 5.74) is 7.20. The molecule has 5 heteroatoms. The smallest absolute Gasteiger partial charge is 0.125 e. The zero-order valence-electron chi connectivity index (χ0n) is 11.0. The highest BCUT2D eigenvalue weighted by Crippen LogP contribution is 2.15. The molecule has 0 aliphatic rings. The summed E-state index contributed by atoms with van der Waals surface area (Å²) in [4.78, 5) is 2.16. The molecular formula is C13H21FN2O2. The third-order valence-corrected chi connectivity index (χ3v) is 2.73. The summed E-state index contributed by atoms with van der Waals surface area (Å²) in [6.45, 7) is 3.53. The summed E-state index contributed by atoms with van der Waals surface area (Å²) in [7, 11) is 3.33. The number of ether oxygens (including phenoxy) is 2. The van der Waals surface area contributed by atoms with E-state index in [1.54, 1.807) is 20.3 Å². The highest BCUT2D eigenvalue weighted by Gasteiger charge is 2.08. The Kier molecular flexibility index (Phi) is 6.64. The molecule has 0 unspecified atom stereocenters. The van der Waals surface area contributed by atoms with Crippen LogP contribution in [0.15, 0.2) is 18.2 Å². The summed E-state index contributed by atoms with van der Waals surface area (Å²) in [6, 6.07) is 4.49. The van der Waals surface area contributed by atoms with E-state index < -0.39 is 0 Å². The van der Waals surface area contributed by atoms with Crippen LogP contribution in [0.5, 0.6) is 0 Å². The van der Waals surface area contributed by atoms with Gasteiger partial charge in [-0.05, 0) is 17.7 Å². The number of anilines is 1. The second-order valence-corrected chi connectivity index (χ2v) is 4.10. The minimum atomic E-state index is -0.309. The number of nitrogens with zero attached hydrogens (tertiary/aromatic N) is 1. The normalized spacial score (nSPS) is 11.1. The van der Waals surface area contributed by atoms with Crippen molar-refractivity contribution in [3.8, 4) is 0 Å². The van der Waals surface area contributed by atoms with Crippen molar-refractivity contribution >= 4 is 5.69 Å². The molecule has 1 aromatic rings. The average molecular weight is 256 g/mol. The van der Waals surface area contributed by atoms with Crippen LogP contribution in [0.2, 0.25) is 0 Å². The van der Waals surface area contributed by atoms with Crippen LogP contribution >= 0.6 is 0 Å². The van der Waals surface area contributed by atoms with Crippen molar-refractivity contribution < 1.29 is 13.9 Å². The summed E-state index contributed by atoms with van der Waals surface area (Å²) in [6.07, 6.45) is 0. The molecule has 0 heterocycles. The molecule has 1 rings (SSSR count). The van der Waals surface area contributed by atoms with E-state index in [9.17, 15) is 4.39 Å². The Hall–Kier alpha value is -1.17. The van der Waals surface area contributed by atoms with Gasteiger partial charge in [0, 0.05) is 39.5 Å². The average Bonchev–Trinajstić information content (AvgIpc) is 2.35. The van der Waals surface area contributed by atoms with Crippen molar-refractivity contribution in [1.29, 1.82) is 0 Å². The predicted octanol–water partition coefficient (Wildman–Crippen LogP) is 1.50. The van der Waals surface area contributed by atoms with Gasteiger partial charge in [0.05, 0.1) is 13.2 Å². The van der Waals surface area contributed by atoms with Crippen LogP contribution in [0, 0.1) is 5.82 Å². The molecule has 2 N–H and O–H groups in total. The van der Waals surface area contributed by atoms with Crippen molar-refractivity contribution in [2.45, 2.75) is 6.54 Å². The van der Waals surface area contributed by atoms with E-state index in [4.69, 9.17) is 15.2 Å². The van der Waals surface area contributed by atoms with Crippen molar-refractivity contribution in [1.82, 2.24) is 4.90 Å². The fraction of sp³-hybridized carbons (Fsp3) is 0.538. The number of nitrogens with two attached hydrogens (primary N) is 1. The number of methoxy groups -OCH3 is 2. The van der Waals surface area contributed by atoms with Crippen LogP contribution in [0.25, 0.3) is 0 Å². The van der Waals surface area contributed by atoms with E-state index in [0.717, 1.165) is 18.7 Å². The number of nitrogen functional groups attached to an aromatic ring is 1. The van der Waals surface area contributed by atoms with Crippen molar-refractivity contribution in [3.63, 3.8) is 0 Å². The third kappa shape index (κ3) is 5.00. The van der Waals surface area contributed by atoms with E-state index in [1.807, 2.05) is 0 Å². The first-order valence-electron chi connectivity index (χ1n) is 5.91. The first-order chi connectivity index (χ1) is 8.67. The van der Waals surface area contributed by atoms with Gasteiger partial charge in [-0.2, -0.15) is 0 Å². The van der Waals surface area contributed by atoms with Gasteiger partial charge in [0.25, 0.3) is 0 Å². The predicted molar refractivity (Wildman–Crippen MR) is 69.8 cm³/mol. The first kappa shape index (κ1) is 14.9. The van der Waals surface area contributed by atoms with E-state index in [-0.39, 0.29) is 5.82 Å². The van der Waals surface area contributed by atoms with Gasteiger partial charge in [-0.15, -0.1) is 0 Å². The van der Waals surface area contributed by atoms with E-state index in [2.05, 4.69) is 4.90 Å². The molecule has 0 aliphatic carbocycles. The van der Waals surface area contributed by atoms with E-state index in [1.165, 1.54) is 12.1 Å². The molecule has 0 saturated carbocycles. The number of rotatable bonds is 8. The van der Waals surface area contributed by atoms with Crippen molar-refractivity contribution in [2.24, 2.45) is 0 Å². The Morgan fingerprint density at radius 3 is 2.28 bits per heavy atom. The van der Waals surface area contributed by atoms with Crippen LogP contribution < -0.4 is 5.73 Å². The lowest BCUT2D eigenvalue weighted by atomic mass is 10.1. The van der Waals surface area contributed by atoms with E-state index in [0.29, 0.717) is 25.4 Å². The summed E-state index contributed by atoms with van der Waals surface area (Å²) >= 11 is 0. The van der Waals surface area contributed by atoms with Crippen LogP contribution in [0.1, 0.15) is 5.56 Å². The number of benzene rings is 1. The van der Waals surface area contributed by atoms with Crippen molar-refractivity contribution in [3.05, 3.63) is 29.6 Å². The molecule has 0 bridgehead atoms. The van der Waals surface area contributed by atoms with Gasteiger partial charge in [0.1, 0.15) is 5.82 Å². The molecule has 1 aromatic carbocycles. The monoisotopic (exact) mass is 256 g/mol. The molecule has 0 radical (unpaired) electrons. The minimum Gasteiger partial charge on any atom is -0.398 e. The molecule has 0 aromatic heterocycles. The second-order valence-electron chi connectivity index (χ2n) is 4.10. The fourth-order valence-corrected chi connectivity index (χ4v) is 1.66. The minimum absolute atomic E-state index is 0.309. The molecule has 4 nitrogen and oxygen atoms in total. The first-order valence-corrected chi connectivity index (χ1v) is 5.91. The second kappa shape index (κ2) is 8.02. The van der Waals surface area contributed by atoms with Gasteiger partial charge in [0.15, 0.2) is 0 Å². The molecule has 0 spiro atoms. The Morgan fingerprint density at radius 2 is 1.78 bits per heavy atom. The van der Waals surface area contributed by atoms with Crippen LogP contribution in [-0.2, 0) is 16.0 Å². The molecule has 0 atom stereocenters. The number of halogens is 1. The highest BCUT2D eigenvalue weighted by molar-refractivity contribution is 5.46. The molecule has 0 amide bonds. The topological polar surface area (TPSA) is 47.7 Å². The zero-order valence-corrected chi connectivity index (χ0v) is 11.0. The SMILES string of the molecule is COCCN(CCOC)Cc1ccc(F)cc1N. The zero-order chi connectivity index (χ0) is 13.4. The van der Waals surface area contributed by atoms with Gasteiger partial charge in [0.2, 0.25) is 0 Å². The molecular weight excluding hydrogens is 235 g/mol. The number of hydrogen-bond donors (Lipinski definition) is 1. The number of hydrogen-bond acceptors (Lipinski definition) is 4. The van der Waals surface area contributed by atoms with Gasteiger partial charge in [-0.3, -0.25) is 4.90 Å². The van der Waals surface area contributed by atoms with Crippen molar-refractivity contribution in [2.75, 3.05) is 46.3 Å². The molecule has 18 heavy (non-hydrogen) atoms. The van der Waals surface area contributed by atoms with Gasteiger partial charge in [-0.25, -0.2) is 4.39 Å². The molecule has 102 valence electrons. The van der Waals surface area contributed by atoms with Gasteiger partial charge in [-0.1, -0.05) is 6.07 Å². The largest absolute Gasteiger partial charge is 0.398 e. The lowest BCUT2D eigenvalue weighted by molar-refractivity contribution is 0.110. The maximum absolute atomic E-state index is 13.0. The Balaban J connectivity index is 2.62. The van der Waals surface area contributed by atoms with E-state index >= 15 is 0 Å². The maximum atomic E-state index is 13.0. The lowest BCUT2D eigenvalue weighted by Crippen LogP contribution is -2.30. The lowest BCUT2D eigenvalue weighted by Gasteiger charge is -2.22. The third-order valence-electron chi connectivity index (χ3n) is 2.73. The van der Waals surface area contributed by atoms with Gasteiger partial charge < -0.3 is 15.2 Å². The Bertz CT molecular complexity index is 353. The molecule has 0 aliphatic heterocycles. The molecule has 0 saturated heterocycles. The fourth-order valence-electron chi connectivity index (χ4n) is 1.66. The summed E-state index contributed by atoms with van der Waals surface area (Å²) < 4.78 is 23.1. The standard InChI is InChI=1S/C13H21FN2O2/c1-17-7-5-16(6-8-18-2)10-11-3-4-12(14)9-13(11)15/h3-4,9H,5-8,10,15H2,1-2H3. The highest BCUT2D eigenvalue weighted by atomic mass is 19.1. The Morgan fingerprint density at radius 1 is 1.17 bits per heavy atom. The molecule has 0 fully saturated rings. The van der Waals surface area contributed by atoms with Crippen LogP contribution in [0.4, 0.5) is 10.1 Å². The quantitative estimate of drug-likeness (QED) is 0.716. The van der Waals surface area contributed by atoms with Crippen LogP contribution in [-0.4, -0.2) is 45.4 Å². The maximum Gasteiger partial charge on any atom is 0.125 e. The summed E-state index contributed by atoms with van der Waals surface area (Å²) in [5, 5.41) is 0. The summed E-state index contributed by atoms with van der Waals surface area (Å²) in [5.74, 6) is -0.309. The Labute approximate surface area is 107 Å². The van der Waals surface area contributed by atoms with Gasteiger partial charge >= 0.3 is 0 Å². The van der Waals surface area contributed by atoms with Crippen LogP contribution in [0.3, 0.4) is 0 Å².